The van der Waals surface area contributed by atoms with Gasteiger partial charge >= 0.3 is 0 Å². The maximum Gasteiger partial charge on any atom is 0.248 e. The smallest absolute Gasteiger partial charge is 0.248 e. The molecule has 2 bridgehead atoms. The van der Waals surface area contributed by atoms with Crippen molar-refractivity contribution in [1.82, 2.24) is 10.2 Å². The molecule has 3 aliphatic rings. The summed E-state index contributed by atoms with van der Waals surface area (Å²) in [6.45, 7) is 4.07. The summed E-state index contributed by atoms with van der Waals surface area (Å²) in [6.07, 6.45) is 1.29. The van der Waals surface area contributed by atoms with Gasteiger partial charge in [-0.1, -0.05) is 90.3 Å². The molecule has 3 unspecified atom stereocenters. The van der Waals surface area contributed by atoms with E-state index in [0.717, 1.165) is 12.0 Å². The lowest BCUT2D eigenvalue weighted by Gasteiger charge is -2.39. The number of likely N-dealkylation sites (tertiary alicyclic amines) is 1. The maximum absolute atomic E-state index is 14.3. The van der Waals surface area contributed by atoms with Gasteiger partial charge in [-0.2, -0.15) is 0 Å². The van der Waals surface area contributed by atoms with Gasteiger partial charge in [-0.25, -0.2) is 0 Å². The van der Waals surface area contributed by atoms with Crippen LogP contribution in [0.2, 0.25) is 5.02 Å². The molecular formula is C29H33BrClN3O4S. The molecule has 0 radical (unpaired) electrons. The highest BCUT2D eigenvalue weighted by atomic mass is 79.9. The van der Waals surface area contributed by atoms with Crippen molar-refractivity contribution in [2.24, 2.45) is 17.8 Å². The van der Waals surface area contributed by atoms with E-state index in [4.69, 9.17) is 11.6 Å². The van der Waals surface area contributed by atoms with Gasteiger partial charge in [-0.15, -0.1) is 11.8 Å². The second kappa shape index (κ2) is 11.4. The standard InChI is InChI=1S/C29H33BrClN3O4S/c1-3-16(2)21(15-35)34-25(27(37)33-20-12-8-7-11-19(20)31)29-13-18(30)24(39-29)22(23(29)28(34)38)26(36)32-14-17-9-5-4-6-10-17/h4-12,16,18,21-25,35H,3,13-15H2,1-2H3,(H,32,36)(H,33,37)/t16-,18?,21-,22-,23-,24-,25?,29?/m0/s1. The molecule has 0 saturated carbocycles. The number of aliphatic hydroxyl groups excluding tert-OH is 1. The molecule has 3 N–H and O–H groups in total. The van der Waals surface area contributed by atoms with Crippen molar-refractivity contribution in [1.29, 1.82) is 0 Å². The molecule has 3 aliphatic heterocycles. The summed E-state index contributed by atoms with van der Waals surface area (Å²) in [5.41, 5.74) is 1.44. The van der Waals surface area contributed by atoms with Gasteiger partial charge in [0.05, 0.1) is 39.9 Å². The minimum atomic E-state index is -0.862. The number of para-hydroxylation sites is 1. The average molecular weight is 635 g/mol. The Bertz CT molecular complexity index is 1250. The highest BCUT2D eigenvalue weighted by Gasteiger charge is 2.76. The highest BCUT2D eigenvalue weighted by molar-refractivity contribution is 9.09. The Morgan fingerprint density at radius 2 is 1.87 bits per heavy atom. The van der Waals surface area contributed by atoms with Crippen molar-refractivity contribution in [3.05, 3.63) is 65.2 Å². The molecule has 5 rings (SSSR count). The lowest BCUT2D eigenvalue weighted by molar-refractivity contribution is -0.143. The average Bonchev–Trinajstić information content (AvgIpc) is 3.53. The van der Waals surface area contributed by atoms with Crippen molar-refractivity contribution in [3.8, 4) is 0 Å². The summed E-state index contributed by atoms with van der Waals surface area (Å²) in [4.78, 5) is 43.7. The topological polar surface area (TPSA) is 98.7 Å². The Morgan fingerprint density at radius 3 is 2.54 bits per heavy atom. The quantitative estimate of drug-likeness (QED) is 0.354. The van der Waals surface area contributed by atoms with Crippen LogP contribution < -0.4 is 10.6 Å². The first kappa shape index (κ1) is 28.5. The van der Waals surface area contributed by atoms with Crippen molar-refractivity contribution in [3.63, 3.8) is 0 Å². The van der Waals surface area contributed by atoms with E-state index in [1.54, 1.807) is 40.9 Å². The van der Waals surface area contributed by atoms with Crippen molar-refractivity contribution < 1.29 is 19.5 Å². The first-order valence-corrected chi connectivity index (χ1v) is 15.5. The summed E-state index contributed by atoms with van der Waals surface area (Å²) in [5.74, 6) is -2.07. The molecule has 3 saturated heterocycles. The predicted octanol–water partition coefficient (Wildman–Crippen LogP) is 4.47. The number of fused-ring (bicyclic) bond motifs is 1. The summed E-state index contributed by atoms with van der Waals surface area (Å²) in [6, 6.07) is 15.2. The zero-order valence-electron chi connectivity index (χ0n) is 21.8. The first-order valence-electron chi connectivity index (χ1n) is 13.4. The molecule has 1 spiro atoms. The molecule has 8 atom stereocenters. The number of rotatable bonds is 9. The van der Waals surface area contributed by atoms with E-state index in [1.807, 2.05) is 44.2 Å². The van der Waals surface area contributed by atoms with Crippen molar-refractivity contribution in [2.75, 3.05) is 11.9 Å². The van der Waals surface area contributed by atoms with Gasteiger partial charge in [-0.3, -0.25) is 14.4 Å². The number of nitrogens with one attached hydrogen (secondary N) is 2. The van der Waals surface area contributed by atoms with Crippen LogP contribution in [0, 0.1) is 17.8 Å². The molecule has 0 aliphatic carbocycles. The van der Waals surface area contributed by atoms with Crippen LogP contribution in [0.3, 0.4) is 0 Å². The number of hydrogen-bond donors (Lipinski definition) is 3. The molecule has 10 heteroatoms. The number of hydrogen-bond acceptors (Lipinski definition) is 5. The summed E-state index contributed by atoms with van der Waals surface area (Å²) in [5, 5.41) is 16.7. The zero-order chi connectivity index (χ0) is 27.9. The fraction of sp³-hybridized carbons (Fsp3) is 0.483. The number of benzene rings is 2. The van der Waals surface area contributed by atoms with Gasteiger partial charge in [-0.05, 0) is 30.0 Å². The van der Waals surface area contributed by atoms with E-state index in [1.165, 1.54) is 0 Å². The number of amides is 3. The number of alkyl halides is 1. The molecule has 0 aromatic heterocycles. The van der Waals surface area contributed by atoms with Gasteiger partial charge in [0.1, 0.15) is 6.04 Å². The first-order chi connectivity index (χ1) is 18.7. The minimum absolute atomic E-state index is 0.0363. The number of aliphatic hydroxyl groups is 1. The summed E-state index contributed by atoms with van der Waals surface area (Å²) in [7, 11) is 0. The predicted molar refractivity (Wildman–Crippen MR) is 158 cm³/mol. The van der Waals surface area contributed by atoms with Gasteiger partial charge in [0.2, 0.25) is 17.7 Å². The normalized spacial score (nSPS) is 30.6. The van der Waals surface area contributed by atoms with Crippen molar-refractivity contribution in [2.45, 2.75) is 60.1 Å². The van der Waals surface area contributed by atoms with Gasteiger partial charge in [0.15, 0.2) is 0 Å². The van der Waals surface area contributed by atoms with Gasteiger partial charge in [0.25, 0.3) is 0 Å². The van der Waals surface area contributed by atoms with Crippen LogP contribution in [0.1, 0.15) is 32.3 Å². The molecule has 208 valence electrons. The Labute approximate surface area is 246 Å². The Kier molecular flexibility index (Phi) is 8.34. The Hall–Kier alpha value is -2.07. The molecule has 7 nitrogen and oxygen atoms in total. The third-order valence-electron chi connectivity index (χ3n) is 8.56. The summed E-state index contributed by atoms with van der Waals surface area (Å²) >= 11 is 11.7. The number of nitrogens with zero attached hydrogens (tertiary/aromatic N) is 1. The van der Waals surface area contributed by atoms with E-state index in [9.17, 15) is 19.5 Å². The third-order valence-corrected chi connectivity index (χ3v) is 12.1. The van der Waals surface area contributed by atoms with E-state index >= 15 is 0 Å². The zero-order valence-corrected chi connectivity index (χ0v) is 25.0. The lowest BCUT2D eigenvalue weighted by atomic mass is 9.70. The largest absolute Gasteiger partial charge is 0.394 e. The van der Waals surface area contributed by atoms with Gasteiger partial charge in [0, 0.05) is 16.6 Å². The fourth-order valence-corrected chi connectivity index (χ4v) is 10.3. The molecule has 3 heterocycles. The highest BCUT2D eigenvalue weighted by Crippen LogP contribution is 2.68. The van der Waals surface area contributed by atoms with E-state index < -0.39 is 28.7 Å². The SMILES string of the molecule is CC[C@H](C)[C@H](CO)N1C(=O)[C@@H]2[C@H](C(=O)NCc3ccccc3)[C@H]3SC2(CC3Br)C1C(=O)Nc1ccccc1Cl. The number of thioether (sulfide) groups is 1. The van der Waals surface area contributed by atoms with Crippen LogP contribution in [0.4, 0.5) is 5.69 Å². The number of carbonyl (C=O) groups is 3. The van der Waals surface area contributed by atoms with Crippen LogP contribution in [0.5, 0.6) is 0 Å². The monoisotopic (exact) mass is 633 g/mol. The molecule has 2 aromatic carbocycles. The number of halogens is 2. The molecule has 39 heavy (non-hydrogen) atoms. The number of carbonyl (C=O) groups excluding carboxylic acids is 3. The second-order valence-corrected chi connectivity index (χ2v) is 13.8. The molecule has 3 fully saturated rings. The van der Waals surface area contributed by atoms with Crippen LogP contribution in [-0.4, -0.2) is 61.2 Å². The van der Waals surface area contributed by atoms with Crippen LogP contribution in [-0.2, 0) is 20.9 Å². The summed E-state index contributed by atoms with van der Waals surface area (Å²) < 4.78 is -0.809. The maximum atomic E-state index is 14.3. The van der Waals surface area contributed by atoms with E-state index in [2.05, 4.69) is 26.6 Å². The van der Waals surface area contributed by atoms with E-state index in [0.29, 0.717) is 23.7 Å². The fourth-order valence-electron chi connectivity index (χ4n) is 6.50. The van der Waals surface area contributed by atoms with Crippen LogP contribution in [0.15, 0.2) is 54.6 Å². The van der Waals surface area contributed by atoms with Crippen molar-refractivity contribution >= 4 is 62.7 Å². The Balaban J connectivity index is 1.52. The lowest BCUT2D eigenvalue weighted by Crippen LogP contribution is -2.56. The number of anilines is 1. The van der Waals surface area contributed by atoms with E-state index in [-0.39, 0.29) is 40.3 Å². The molecular weight excluding hydrogens is 602 g/mol. The molecule has 3 amide bonds. The van der Waals surface area contributed by atoms with Crippen LogP contribution in [0.25, 0.3) is 0 Å². The van der Waals surface area contributed by atoms with Gasteiger partial charge < -0.3 is 20.6 Å². The molecule has 2 aromatic rings. The second-order valence-electron chi connectivity index (χ2n) is 10.7. The third kappa shape index (κ3) is 4.89. The minimum Gasteiger partial charge on any atom is -0.394 e. The van der Waals surface area contributed by atoms with Crippen LogP contribution >= 0.6 is 39.3 Å². The Morgan fingerprint density at radius 1 is 1.18 bits per heavy atom.